The van der Waals surface area contributed by atoms with E-state index in [1.807, 2.05) is 17.0 Å². The number of aliphatic hydroxyl groups excluding tert-OH is 1. The average molecular weight is 249 g/mol. The highest BCUT2D eigenvalue weighted by atomic mass is 16.3. The van der Waals surface area contributed by atoms with Crippen molar-refractivity contribution in [3.05, 3.63) is 30.1 Å². The largest absolute Gasteiger partial charge is 0.392 e. The molecule has 2 rings (SSSR count). The Hall–Kier alpha value is -1.46. The van der Waals surface area contributed by atoms with E-state index in [9.17, 15) is 9.90 Å². The number of aliphatic hydroxyl groups is 1. The number of aromatic nitrogens is 1. The second-order valence-corrected chi connectivity index (χ2v) is 4.67. The first kappa shape index (κ1) is 13.0. The summed E-state index contributed by atoms with van der Waals surface area (Å²) < 4.78 is 0. The number of carbonyl (C=O) groups excluding carboxylic acids is 1. The van der Waals surface area contributed by atoms with Crippen molar-refractivity contribution < 1.29 is 9.90 Å². The van der Waals surface area contributed by atoms with Gasteiger partial charge in [-0.15, -0.1) is 0 Å². The minimum absolute atomic E-state index is 0.00652. The van der Waals surface area contributed by atoms with E-state index < -0.39 is 0 Å². The van der Waals surface area contributed by atoms with Crippen LogP contribution in [0.15, 0.2) is 24.5 Å². The molecule has 5 nitrogen and oxygen atoms in total. The van der Waals surface area contributed by atoms with Crippen molar-refractivity contribution in [3.8, 4) is 0 Å². The third-order valence-electron chi connectivity index (χ3n) is 3.06. The lowest BCUT2D eigenvalue weighted by Gasteiger charge is -2.29. The molecule has 0 aromatic carbocycles. The molecule has 1 fully saturated rings. The third kappa shape index (κ3) is 4.09. The summed E-state index contributed by atoms with van der Waals surface area (Å²) in [6, 6.07) is 3.78. The van der Waals surface area contributed by atoms with Crippen LogP contribution in [-0.2, 0) is 11.3 Å². The summed E-state index contributed by atoms with van der Waals surface area (Å²) in [5.41, 5.74) is 0.990. The van der Waals surface area contributed by atoms with Crippen molar-refractivity contribution in [1.82, 2.24) is 15.2 Å². The van der Waals surface area contributed by atoms with Crippen molar-refractivity contribution >= 4 is 5.91 Å². The van der Waals surface area contributed by atoms with Gasteiger partial charge in [-0.05, 0) is 31.0 Å². The molecule has 0 spiro atoms. The molecular weight excluding hydrogens is 230 g/mol. The van der Waals surface area contributed by atoms with Crippen LogP contribution in [0.25, 0.3) is 0 Å². The predicted molar refractivity (Wildman–Crippen MR) is 67.8 cm³/mol. The lowest BCUT2D eigenvalue weighted by molar-refractivity contribution is -0.123. The SMILES string of the molecule is O=C(CN1CCCC(O)C1)NCc1cccnc1. The molecule has 1 atom stereocenters. The molecule has 1 aliphatic rings. The Kier molecular flexibility index (Phi) is 4.66. The molecule has 1 aromatic heterocycles. The first-order valence-electron chi connectivity index (χ1n) is 6.30. The Labute approximate surface area is 107 Å². The highest BCUT2D eigenvalue weighted by Crippen LogP contribution is 2.08. The smallest absolute Gasteiger partial charge is 0.234 e. The minimum atomic E-state index is -0.287. The van der Waals surface area contributed by atoms with E-state index in [-0.39, 0.29) is 12.0 Å². The monoisotopic (exact) mass is 249 g/mol. The zero-order chi connectivity index (χ0) is 12.8. The van der Waals surface area contributed by atoms with Gasteiger partial charge < -0.3 is 10.4 Å². The first-order chi connectivity index (χ1) is 8.74. The standard InChI is InChI=1S/C13H19N3O2/c17-12-4-2-6-16(9-12)10-13(18)15-8-11-3-1-5-14-7-11/h1,3,5,7,12,17H,2,4,6,8-10H2,(H,15,18). The molecule has 18 heavy (non-hydrogen) atoms. The highest BCUT2D eigenvalue weighted by Gasteiger charge is 2.19. The maximum atomic E-state index is 11.7. The maximum absolute atomic E-state index is 11.7. The molecule has 1 saturated heterocycles. The molecule has 2 N–H and O–H groups in total. The van der Waals surface area contributed by atoms with Gasteiger partial charge in [0.05, 0.1) is 12.6 Å². The number of hydrogen-bond donors (Lipinski definition) is 2. The van der Waals surface area contributed by atoms with E-state index in [0.29, 0.717) is 19.6 Å². The molecule has 1 unspecified atom stereocenters. The Bertz CT molecular complexity index is 383. The quantitative estimate of drug-likeness (QED) is 0.797. The van der Waals surface area contributed by atoms with E-state index in [2.05, 4.69) is 10.3 Å². The number of pyridine rings is 1. The molecule has 98 valence electrons. The topological polar surface area (TPSA) is 65.5 Å². The number of carbonyl (C=O) groups is 1. The fraction of sp³-hybridized carbons (Fsp3) is 0.538. The average Bonchev–Trinajstić information content (AvgIpc) is 2.38. The van der Waals surface area contributed by atoms with Gasteiger partial charge in [0.15, 0.2) is 0 Å². The van der Waals surface area contributed by atoms with Crippen LogP contribution in [0.1, 0.15) is 18.4 Å². The number of hydrogen-bond acceptors (Lipinski definition) is 4. The zero-order valence-corrected chi connectivity index (χ0v) is 10.4. The number of piperidine rings is 1. The van der Waals surface area contributed by atoms with Crippen molar-refractivity contribution in [2.75, 3.05) is 19.6 Å². The van der Waals surface area contributed by atoms with E-state index in [0.717, 1.165) is 24.9 Å². The molecule has 5 heteroatoms. The Balaban J connectivity index is 1.72. The Morgan fingerprint density at radius 3 is 3.22 bits per heavy atom. The molecule has 0 saturated carbocycles. The van der Waals surface area contributed by atoms with Crippen molar-refractivity contribution in [3.63, 3.8) is 0 Å². The van der Waals surface area contributed by atoms with Crippen LogP contribution in [0.5, 0.6) is 0 Å². The molecular formula is C13H19N3O2. The fourth-order valence-corrected chi connectivity index (χ4v) is 2.14. The van der Waals surface area contributed by atoms with E-state index >= 15 is 0 Å². The van der Waals surface area contributed by atoms with E-state index in [1.54, 1.807) is 12.4 Å². The van der Waals surface area contributed by atoms with Crippen LogP contribution in [0.3, 0.4) is 0 Å². The Morgan fingerprint density at radius 1 is 1.61 bits per heavy atom. The Morgan fingerprint density at radius 2 is 2.50 bits per heavy atom. The van der Waals surface area contributed by atoms with Gasteiger partial charge in [-0.2, -0.15) is 0 Å². The van der Waals surface area contributed by atoms with Gasteiger partial charge >= 0.3 is 0 Å². The molecule has 1 amide bonds. The lowest BCUT2D eigenvalue weighted by Crippen LogP contribution is -2.44. The normalized spacial score (nSPS) is 20.6. The second kappa shape index (κ2) is 6.47. The molecule has 0 bridgehead atoms. The second-order valence-electron chi connectivity index (χ2n) is 4.67. The molecule has 1 aliphatic heterocycles. The number of β-amino-alcohol motifs (C(OH)–C–C–N with tert-alkyl or cyclic N) is 1. The highest BCUT2D eigenvalue weighted by molar-refractivity contribution is 5.78. The van der Waals surface area contributed by atoms with Crippen LogP contribution in [-0.4, -0.2) is 46.6 Å². The van der Waals surface area contributed by atoms with Crippen LogP contribution in [0.4, 0.5) is 0 Å². The summed E-state index contributed by atoms with van der Waals surface area (Å²) in [6.45, 7) is 2.35. The van der Waals surface area contributed by atoms with Gasteiger partial charge in [0.25, 0.3) is 0 Å². The van der Waals surface area contributed by atoms with Crippen LogP contribution >= 0.6 is 0 Å². The zero-order valence-electron chi connectivity index (χ0n) is 10.4. The van der Waals surface area contributed by atoms with Crippen LogP contribution < -0.4 is 5.32 Å². The lowest BCUT2D eigenvalue weighted by atomic mass is 10.1. The van der Waals surface area contributed by atoms with Crippen molar-refractivity contribution in [2.24, 2.45) is 0 Å². The molecule has 0 radical (unpaired) electrons. The molecule has 1 aromatic rings. The summed E-state index contributed by atoms with van der Waals surface area (Å²) in [7, 11) is 0. The first-order valence-corrected chi connectivity index (χ1v) is 6.30. The van der Waals surface area contributed by atoms with Gasteiger partial charge in [-0.3, -0.25) is 14.7 Å². The number of likely N-dealkylation sites (tertiary alicyclic amines) is 1. The van der Waals surface area contributed by atoms with Crippen molar-refractivity contribution in [2.45, 2.75) is 25.5 Å². The van der Waals surface area contributed by atoms with Gasteiger partial charge in [0, 0.05) is 25.5 Å². The summed E-state index contributed by atoms with van der Waals surface area (Å²) in [5, 5.41) is 12.4. The maximum Gasteiger partial charge on any atom is 0.234 e. The van der Waals surface area contributed by atoms with Gasteiger partial charge in [0.2, 0.25) is 5.91 Å². The van der Waals surface area contributed by atoms with Gasteiger partial charge in [-0.25, -0.2) is 0 Å². The fourth-order valence-electron chi connectivity index (χ4n) is 2.14. The number of rotatable bonds is 4. The third-order valence-corrected chi connectivity index (χ3v) is 3.06. The van der Waals surface area contributed by atoms with Gasteiger partial charge in [0.1, 0.15) is 0 Å². The molecule has 2 heterocycles. The van der Waals surface area contributed by atoms with Crippen LogP contribution in [0, 0.1) is 0 Å². The number of amides is 1. The predicted octanol–water partition coefficient (Wildman–Crippen LogP) is 0.155. The molecule has 0 aliphatic carbocycles. The van der Waals surface area contributed by atoms with Crippen LogP contribution in [0.2, 0.25) is 0 Å². The summed E-state index contributed by atoms with van der Waals surface area (Å²) in [4.78, 5) is 17.7. The minimum Gasteiger partial charge on any atom is -0.392 e. The summed E-state index contributed by atoms with van der Waals surface area (Å²) >= 11 is 0. The van der Waals surface area contributed by atoms with Crippen molar-refractivity contribution in [1.29, 1.82) is 0 Å². The van der Waals surface area contributed by atoms with E-state index in [1.165, 1.54) is 0 Å². The number of nitrogens with one attached hydrogen (secondary N) is 1. The summed E-state index contributed by atoms with van der Waals surface area (Å²) in [6.07, 6.45) is 4.96. The van der Waals surface area contributed by atoms with Gasteiger partial charge in [-0.1, -0.05) is 6.07 Å². The number of nitrogens with zero attached hydrogens (tertiary/aromatic N) is 2. The summed E-state index contributed by atoms with van der Waals surface area (Å²) in [5.74, 6) is -0.00652. The van der Waals surface area contributed by atoms with E-state index in [4.69, 9.17) is 0 Å².